The first-order valence-electron chi connectivity index (χ1n) is 13.5. The fourth-order valence-electron chi connectivity index (χ4n) is 4.54. The van der Waals surface area contributed by atoms with Gasteiger partial charge in [0.15, 0.2) is 4.32 Å². The monoisotopic (exact) mass is 588 g/mol. The molecular formula is C31H32N4O4S2. The lowest BCUT2D eigenvalue weighted by molar-refractivity contribution is -0.113. The van der Waals surface area contributed by atoms with Gasteiger partial charge in [-0.3, -0.25) is 14.5 Å². The molecule has 212 valence electrons. The highest BCUT2D eigenvalue weighted by molar-refractivity contribution is 8.27. The summed E-state index contributed by atoms with van der Waals surface area (Å²) in [6, 6.07) is 21.4. The van der Waals surface area contributed by atoms with Gasteiger partial charge in [-0.1, -0.05) is 36.1 Å². The summed E-state index contributed by atoms with van der Waals surface area (Å²) in [6.45, 7) is 6.21. The summed E-state index contributed by atoms with van der Waals surface area (Å²) >= 11 is 6.81. The topological polar surface area (TPSA) is 88.3 Å². The number of piperazine rings is 1. The fraction of sp³-hybridized carbons (Fsp3) is 0.258. The van der Waals surface area contributed by atoms with Crippen molar-refractivity contribution < 1.29 is 19.1 Å². The molecule has 0 unspecified atom stereocenters. The molecule has 0 aromatic heterocycles. The maximum atomic E-state index is 13.2. The van der Waals surface area contributed by atoms with Crippen LogP contribution >= 0.6 is 24.0 Å². The van der Waals surface area contributed by atoms with Crippen LogP contribution in [0.4, 0.5) is 5.69 Å². The lowest BCUT2D eigenvalue weighted by atomic mass is 10.2. The Kier molecular flexibility index (Phi) is 9.35. The quantitative estimate of drug-likeness (QED) is 0.201. The highest BCUT2D eigenvalue weighted by Gasteiger charge is 2.33. The average Bonchev–Trinajstić information content (AvgIpc) is 3.25. The first-order chi connectivity index (χ1) is 19.9. The molecule has 2 N–H and O–H groups in total. The molecule has 2 aliphatic rings. The molecule has 0 spiro atoms. The zero-order valence-corrected chi connectivity index (χ0v) is 24.5. The number of primary amides is 1. The third-order valence-corrected chi connectivity index (χ3v) is 8.23. The van der Waals surface area contributed by atoms with Crippen molar-refractivity contribution in [3.63, 3.8) is 0 Å². The number of nitrogens with zero attached hydrogens (tertiary/aromatic N) is 3. The van der Waals surface area contributed by atoms with E-state index >= 15 is 0 Å². The summed E-state index contributed by atoms with van der Waals surface area (Å²) in [5, 5.41) is 0. The zero-order chi connectivity index (χ0) is 28.8. The molecule has 2 amide bonds. The highest BCUT2D eigenvalue weighted by Crippen LogP contribution is 2.37. The molecule has 2 saturated heterocycles. The molecule has 3 aromatic rings. The van der Waals surface area contributed by atoms with Crippen LogP contribution in [0, 0.1) is 0 Å². The van der Waals surface area contributed by atoms with Gasteiger partial charge in [0, 0.05) is 38.3 Å². The van der Waals surface area contributed by atoms with Crippen LogP contribution in [0.3, 0.4) is 0 Å². The second-order valence-corrected chi connectivity index (χ2v) is 11.6. The van der Waals surface area contributed by atoms with Crippen molar-refractivity contribution in [1.29, 1.82) is 0 Å². The molecule has 5 rings (SSSR count). The van der Waals surface area contributed by atoms with E-state index < -0.39 is 5.91 Å². The molecule has 2 fully saturated rings. The van der Waals surface area contributed by atoms with Crippen LogP contribution in [0.5, 0.6) is 17.2 Å². The largest absolute Gasteiger partial charge is 0.494 e. The minimum Gasteiger partial charge on any atom is -0.494 e. The van der Waals surface area contributed by atoms with Gasteiger partial charge >= 0.3 is 0 Å². The number of ether oxygens (including phenoxy) is 2. The van der Waals surface area contributed by atoms with E-state index in [0.29, 0.717) is 38.6 Å². The number of thiocarbonyl (C=S) groups is 1. The molecule has 0 atom stereocenters. The van der Waals surface area contributed by atoms with Crippen LogP contribution in [-0.2, 0) is 4.79 Å². The van der Waals surface area contributed by atoms with Crippen molar-refractivity contribution in [1.82, 2.24) is 9.80 Å². The smallest absolute Gasteiger partial charge is 0.270 e. The van der Waals surface area contributed by atoms with Crippen LogP contribution < -0.4 is 20.1 Å². The number of hydrogen-bond acceptors (Lipinski definition) is 8. The number of hydrogen-bond donors (Lipinski definition) is 1. The van der Waals surface area contributed by atoms with Gasteiger partial charge in [-0.2, -0.15) is 0 Å². The predicted molar refractivity (Wildman–Crippen MR) is 168 cm³/mol. The number of nitrogens with two attached hydrogens (primary N) is 1. The second kappa shape index (κ2) is 13.3. The van der Waals surface area contributed by atoms with E-state index in [4.69, 9.17) is 27.4 Å². The van der Waals surface area contributed by atoms with E-state index in [1.54, 1.807) is 48.5 Å². The Bertz CT molecular complexity index is 1420. The van der Waals surface area contributed by atoms with Crippen LogP contribution in [0.15, 0.2) is 77.7 Å². The van der Waals surface area contributed by atoms with E-state index in [1.807, 2.05) is 30.3 Å². The van der Waals surface area contributed by atoms with Crippen molar-refractivity contribution in [2.75, 3.05) is 51.3 Å². The molecular weight excluding hydrogens is 556 g/mol. The van der Waals surface area contributed by atoms with Crippen molar-refractivity contribution in [3.8, 4) is 17.2 Å². The Hall–Kier alpha value is -3.70. The van der Waals surface area contributed by atoms with E-state index in [1.165, 1.54) is 16.7 Å². The number of benzene rings is 3. The number of likely N-dealkylation sites (N-methyl/N-ethyl adjacent to an activating group) is 1. The molecule has 2 aliphatic heterocycles. The zero-order valence-electron chi connectivity index (χ0n) is 22.8. The van der Waals surface area contributed by atoms with Crippen LogP contribution in [-0.4, -0.2) is 72.3 Å². The summed E-state index contributed by atoms with van der Waals surface area (Å²) in [5.74, 6) is 1.31. The lowest BCUT2D eigenvalue weighted by Gasteiger charge is -2.32. The molecule has 0 saturated carbocycles. The minimum atomic E-state index is -0.493. The maximum absolute atomic E-state index is 13.2. The Morgan fingerprint density at radius 3 is 2.17 bits per heavy atom. The number of rotatable bonds is 10. The minimum absolute atomic E-state index is 0.167. The Morgan fingerprint density at radius 1 is 0.927 bits per heavy atom. The number of anilines is 1. The van der Waals surface area contributed by atoms with Crippen molar-refractivity contribution >= 4 is 51.9 Å². The van der Waals surface area contributed by atoms with Crippen molar-refractivity contribution in [3.05, 3.63) is 88.8 Å². The molecule has 41 heavy (non-hydrogen) atoms. The molecule has 2 heterocycles. The van der Waals surface area contributed by atoms with Gasteiger partial charge in [0.25, 0.3) is 5.91 Å². The van der Waals surface area contributed by atoms with Gasteiger partial charge in [-0.15, -0.1) is 0 Å². The van der Waals surface area contributed by atoms with E-state index in [0.717, 1.165) is 50.5 Å². The Labute approximate surface area is 249 Å². The van der Waals surface area contributed by atoms with Gasteiger partial charge in [0.05, 0.1) is 17.2 Å². The fourth-order valence-corrected chi connectivity index (χ4v) is 5.84. The molecule has 0 aliphatic carbocycles. The Balaban J connectivity index is 1.14. The summed E-state index contributed by atoms with van der Waals surface area (Å²) in [7, 11) is 2.17. The van der Waals surface area contributed by atoms with E-state index in [2.05, 4.69) is 16.8 Å². The lowest BCUT2D eigenvalue weighted by Crippen LogP contribution is -2.44. The molecule has 8 nitrogen and oxygen atoms in total. The number of carbonyl (C=O) groups is 2. The van der Waals surface area contributed by atoms with Gasteiger partial charge in [-0.25, -0.2) is 0 Å². The maximum Gasteiger partial charge on any atom is 0.270 e. The Morgan fingerprint density at radius 2 is 1.54 bits per heavy atom. The third kappa shape index (κ3) is 7.53. The van der Waals surface area contributed by atoms with Gasteiger partial charge in [0.1, 0.15) is 17.2 Å². The number of thioether (sulfide) groups is 1. The molecule has 10 heteroatoms. The van der Waals surface area contributed by atoms with Crippen LogP contribution in [0.2, 0.25) is 0 Å². The normalized spacial score (nSPS) is 17.3. The first kappa shape index (κ1) is 28.8. The summed E-state index contributed by atoms with van der Waals surface area (Å²) in [6.07, 6.45) is 2.84. The number of amides is 2. The van der Waals surface area contributed by atoms with Crippen molar-refractivity contribution in [2.45, 2.75) is 6.42 Å². The highest BCUT2D eigenvalue weighted by atomic mass is 32.2. The van der Waals surface area contributed by atoms with Crippen molar-refractivity contribution in [2.24, 2.45) is 5.73 Å². The standard InChI is InChI=1S/C31H32N4O4S2/c1-33-16-18-34(19-17-33)15-2-20-38-25-9-3-22(4-10-25)21-28-30(37)35(31(40)41-28)24-7-13-27(14-8-24)39-26-11-5-23(6-12-26)29(32)36/h3-14,21H,2,15-20H2,1H3,(H2,32,36)/b28-21-. The SMILES string of the molecule is CN1CCN(CCCOc2ccc(/C=C3\SC(=S)N(c4ccc(Oc5ccc(C(N)=O)cc5)cc4)C3=O)cc2)CC1. The van der Waals surface area contributed by atoms with Crippen LogP contribution in [0.1, 0.15) is 22.3 Å². The van der Waals surface area contributed by atoms with Crippen LogP contribution in [0.25, 0.3) is 6.08 Å². The summed E-state index contributed by atoms with van der Waals surface area (Å²) in [4.78, 5) is 31.4. The predicted octanol–water partition coefficient (Wildman–Crippen LogP) is 5.00. The van der Waals surface area contributed by atoms with E-state index in [-0.39, 0.29) is 5.91 Å². The third-order valence-electron chi connectivity index (χ3n) is 6.92. The van der Waals surface area contributed by atoms with E-state index in [9.17, 15) is 9.59 Å². The number of carbonyl (C=O) groups excluding carboxylic acids is 2. The summed E-state index contributed by atoms with van der Waals surface area (Å²) in [5.41, 5.74) is 7.25. The first-order valence-corrected chi connectivity index (χ1v) is 14.7. The average molecular weight is 589 g/mol. The molecule has 0 bridgehead atoms. The second-order valence-electron chi connectivity index (χ2n) is 9.92. The van der Waals surface area contributed by atoms with Gasteiger partial charge < -0.3 is 25.0 Å². The summed E-state index contributed by atoms with van der Waals surface area (Å²) < 4.78 is 12.2. The van der Waals surface area contributed by atoms with Gasteiger partial charge in [0.2, 0.25) is 5.91 Å². The van der Waals surface area contributed by atoms with Gasteiger partial charge in [-0.05, 0) is 85.8 Å². The molecule has 0 radical (unpaired) electrons. The molecule has 3 aromatic carbocycles.